The van der Waals surface area contributed by atoms with Gasteiger partial charge in [-0.3, -0.25) is 9.69 Å². The minimum atomic E-state index is -0.119. The van der Waals surface area contributed by atoms with Crippen molar-refractivity contribution in [3.8, 4) is 0 Å². The zero-order valence-corrected chi connectivity index (χ0v) is 18.9. The van der Waals surface area contributed by atoms with E-state index in [1.807, 2.05) is 6.26 Å². The summed E-state index contributed by atoms with van der Waals surface area (Å²) in [6, 6.07) is 2.07. The molecular weight excluding hydrogens is 360 g/mol. The molecule has 1 N–H and O–H groups in total. The molecule has 1 aromatic rings. The smallest absolute Gasteiger partial charge is 0.234 e. The summed E-state index contributed by atoms with van der Waals surface area (Å²) < 4.78 is 5.27. The maximum absolute atomic E-state index is 12.9. The zero-order valence-electron chi connectivity index (χ0n) is 18.9. The number of carbonyl (C=O) groups is 1. The van der Waals surface area contributed by atoms with Crippen molar-refractivity contribution >= 4 is 5.91 Å². The molecule has 0 aromatic carbocycles. The van der Waals surface area contributed by atoms with Gasteiger partial charge in [-0.15, -0.1) is 0 Å². The molecule has 0 unspecified atom stereocenters. The van der Waals surface area contributed by atoms with E-state index in [4.69, 9.17) is 4.42 Å². The van der Waals surface area contributed by atoms with Gasteiger partial charge in [-0.2, -0.15) is 0 Å². The Morgan fingerprint density at radius 2 is 2.07 bits per heavy atom. The Morgan fingerprint density at radius 1 is 1.31 bits per heavy atom. The fourth-order valence-electron chi connectivity index (χ4n) is 6.39. The van der Waals surface area contributed by atoms with Gasteiger partial charge in [-0.25, -0.2) is 0 Å². The van der Waals surface area contributed by atoms with E-state index in [2.05, 4.69) is 50.6 Å². The number of nitrogens with zero attached hydrogens (tertiary/aromatic N) is 1. The van der Waals surface area contributed by atoms with Gasteiger partial charge in [0.2, 0.25) is 5.91 Å². The van der Waals surface area contributed by atoms with E-state index < -0.39 is 0 Å². The molecule has 2 aliphatic rings. The topological polar surface area (TPSA) is 45.5 Å². The summed E-state index contributed by atoms with van der Waals surface area (Å²) in [5.74, 6) is 1.19. The van der Waals surface area contributed by atoms with Gasteiger partial charge in [-0.1, -0.05) is 39.3 Å². The monoisotopic (exact) mass is 400 g/mol. The molecule has 2 fully saturated rings. The fraction of sp³-hybridized carbons (Fsp3) is 0.720. The van der Waals surface area contributed by atoms with Crippen molar-refractivity contribution in [1.82, 2.24) is 10.2 Å². The number of nitrogens with one attached hydrogen (secondary N) is 1. The quantitative estimate of drug-likeness (QED) is 0.610. The van der Waals surface area contributed by atoms with E-state index >= 15 is 0 Å². The summed E-state index contributed by atoms with van der Waals surface area (Å²) >= 11 is 0. The first kappa shape index (κ1) is 22.1. The van der Waals surface area contributed by atoms with Gasteiger partial charge in [0.15, 0.2) is 0 Å². The molecule has 0 aliphatic heterocycles. The third-order valence-electron chi connectivity index (χ3n) is 8.01. The number of fused-ring (bicyclic) bond motifs is 1. The van der Waals surface area contributed by atoms with Crippen LogP contribution in [0.15, 0.2) is 35.2 Å². The number of likely N-dealkylation sites (N-methyl/N-ethyl adjacent to an activating group) is 1. The van der Waals surface area contributed by atoms with Crippen molar-refractivity contribution in [2.45, 2.75) is 78.2 Å². The van der Waals surface area contributed by atoms with Crippen LogP contribution in [0.5, 0.6) is 0 Å². The van der Waals surface area contributed by atoms with E-state index in [9.17, 15) is 4.79 Å². The lowest BCUT2D eigenvalue weighted by molar-refractivity contribution is -0.128. The summed E-state index contributed by atoms with van der Waals surface area (Å²) in [6.45, 7) is 15.8. The van der Waals surface area contributed by atoms with Crippen LogP contribution in [0.4, 0.5) is 0 Å². The third-order valence-corrected chi connectivity index (χ3v) is 8.01. The fourth-order valence-corrected chi connectivity index (χ4v) is 6.39. The van der Waals surface area contributed by atoms with Crippen molar-refractivity contribution in [1.29, 1.82) is 0 Å². The number of allylic oxidation sites excluding steroid dienone is 1. The predicted molar refractivity (Wildman–Crippen MR) is 119 cm³/mol. The standard InChI is InChI=1S/C25H40N2O2/c1-6-27(7-2)17-23(28)26-25(5)15-8-14-24(4)21(19(3)9-12-22(24)25)11-10-20-13-16-29-18-20/h13,16,18,21-22H,3,6-12,14-15,17H2,1-2,4-5H3,(H,26,28)/t21-,22+,24+,25-/m0/s1. The van der Waals surface area contributed by atoms with Crippen molar-refractivity contribution < 1.29 is 9.21 Å². The molecule has 2 saturated carbocycles. The Kier molecular flexibility index (Phi) is 6.93. The van der Waals surface area contributed by atoms with Crippen molar-refractivity contribution in [3.63, 3.8) is 0 Å². The van der Waals surface area contributed by atoms with Gasteiger partial charge in [0, 0.05) is 5.54 Å². The number of hydrogen-bond acceptors (Lipinski definition) is 3. The lowest BCUT2D eigenvalue weighted by Gasteiger charge is -2.59. The van der Waals surface area contributed by atoms with Gasteiger partial charge in [-0.05, 0) is 87.4 Å². The molecule has 4 nitrogen and oxygen atoms in total. The van der Waals surface area contributed by atoms with Crippen LogP contribution in [0.3, 0.4) is 0 Å². The Hall–Kier alpha value is -1.55. The van der Waals surface area contributed by atoms with Crippen molar-refractivity contribution in [2.24, 2.45) is 17.3 Å². The molecule has 1 heterocycles. The van der Waals surface area contributed by atoms with Crippen molar-refractivity contribution in [3.05, 3.63) is 36.3 Å². The van der Waals surface area contributed by atoms with Crippen LogP contribution in [0.2, 0.25) is 0 Å². The van der Waals surface area contributed by atoms with Crippen LogP contribution in [0.1, 0.15) is 71.8 Å². The Labute approximate surface area is 177 Å². The van der Waals surface area contributed by atoms with E-state index in [-0.39, 0.29) is 16.9 Å². The first-order valence-corrected chi connectivity index (χ1v) is 11.5. The highest BCUT2D eigenvalue weighted by molar-refractivity contribution is 5.79. The molecule has 0 radical (unpaired) electrons. The minimum absolute atomic E-state index is 0.119. The van der Waals surface area contributed by atoms with Gasteiger partial charge < -0.3 is 9.73 Å². The van der Waals surface area contributed by atoms with Gasteiger partial charge in [0.25, 0.3) is 0 Å². The molecule has 4 heteroatoms. The second-order valence-corrected chi connectivity index (χ2v) is 9.76. The minimum Gasteiger partial charge on any atom is -0.472 e. The molecule has 0 spiro atoms. The Bertz CT molecular complexity index is 694. The van der Waals surface area contributed by atoms with Crippen LogP contribution >= 0.6 is 0 Å². The molecular formula is C25H40N2O2. The summed E-state index contributed by atoms with van der Waals surface area (Å²) in [7, 11) is 0. The highest BCUT2D eigenvalue weighted by Crippen LogP contribution is 2.59. The van der Waals surface area contributed by atoms with Crippen LogP contribution in [0, 0.1) is 17.3 Å². The van der Waals surface area contributed by atoms with E-state index in [1.165, 1.54) is 24.0 Å². The average molecular weight is 401 g/mol. The van der Waals surface area contributed by atoms with Gasteiger partial charge in [0.1, 0.15) is 0 Å². The first-order valence-electron chi connectivity index (χ1n) is 11.5. The molecule has 0 saturated heterocycles. The number of carbonyl (C=O) groups excluding carboxylic acids is 1. The number of hydrogen-bond donors (Lipinski definition) is 1. The largest absolute Gasteiger partial charge is 0.472 e. The molecule has 1 aromatic heterocycles. The number of aryl methyl sites for hydroxylation is 1. The lowest BCUT2D eigenvalue weighted by atomic mass is 9.49. The summed E-state index contributed by atoms with van der Waals surface area (Å²) in [4.78, 5) is 15.1. The third kappa shape index (κ3) is 4.63. The number of furan rings is 1. The lowest BCUT2D eigenvalue weighted by Crippen LogP contribution is -2.62. The number of rotatable bonds is 8. The van der Waals surface area contributed by atoms with Crippen LogP contribution in [0.25, 0.3) is 0 Å². The van der Waals surface area contributed by atoms with Gasteiger partial charge in [0.05, 0.1) is 19.1 Å². The summed E-state index contributed by atoms with van der Waals surface area (Å²) in [6.07, 6.45) is 11.5. The Balaban J connectivity index is 1.75. The average Bonchev–Trinajstić information content (AvgIpc) is 3.18. The van der Waals surface area contributed by atoms with E-state index in [1.54, 1.807) is 6.26 Å². The van der Waals surface area contributed by atoms with E-state index in [0.717, 1.165) is 45.2 Å². The molecule has 2 aliphatic carbocycles. The second kappa shape index (κ2) is 9.07. The first-order chi connectivity index (χ1) is 13.8. The molecule has 3 rings (SSSR count). The van der Waals surface area contributed by atoms with Crippen LogP contribution in [-0.4, -0.2) is 36.0 Å². The second-order valence-electron chi connectivity index (χ2n) is 9.76. The van der Waals surface area contributed by atoms with Crippen LogP contribution < -0.4 is 5.32 Å². The van der Waals surface area contributed by atoms with Gasteiger partial charge >= 0.3 is 0 Å². The molecule has 0 bridgehead atoms. The SMILES string of the molecule is C=C1CC[C@@H]2[C@](C)(CCC[C@]2(C)NC(=O)CN(CC)CC)[C@H]1CCc1ccoc1. The molecule has 4 atom stereocenters. The maximum Gasteiger partial charge on any atom is 0.234 e. The highest BCUT2D eigenvalue weighted by atomic mass is 16.3. The van der Waals surface area contributed by atoms with Crippen molar-refractivity contribution in [2.75, 3.05) is 19.6 Å². The molecule has 162 valence electrons. The molecule has 1 amide bonds. The normalized spacial score (nSPS) is 32.2. The zero-order chi connectivity index (χ0) is 21.1. The van der Waals surface area contributed by atoms with Crippen LogP contribution in [-0.2, 0) is 11.2 Å². The summed E-state index contributed by atoms with van der Waals surface area (Å²) in [5.41, 5.74) is 2.76. The Morgan fingerprint density at radius 3 is 2.72 bits per heavy atom. The highest BCUT2D eigenvalue weighted by Gasteiger charge is 2.54. The van der Waals surface area contributed by atoms with E-state index in [0.29, 0.717) is 18.4 Å². The molecule has 29 heavy (non-hydrogen) atoms. The number of amides is 1. The maximum atomic E-state index is 12.9. The summed E-state index contributed by atoms with van der Waals surface area (Å²) in [5, 5.41) is 3.50. The predicted octanol–water partition coefficient (Wildman–Crippen LogP) is 5.20.